The third-order valence-corrected chi connectivity index (χ3v) is 5.92. The Bertz CT molecular complexity index is 667. The highest BCUT2D eigenvalue weighted by Gasteiger charge is 2.23. The maximum atomic E-state index is 11.4. The summed E-state index contributed by atoms with van der Waals surface area (Å²) in [6, 6.07) is 5.96. The highest BCUT2D eigenvalue weighted by atomic mass is 79.9. The molecule has 1 aliphatic heterocycles. The van der Waals surface area contributed by atoms with Crippen molar-refractivity contribution in [2.24, 2.45) is 0 Å². The number of carbonyl (C=O) groups is 1. The van der Waals surface area contributed by atoms with Crippen molar-refractivity contribution >= 4 is 50.5 Å². The molecule has 0 bridgehead atoms. The lowest BCUT2D eigenvalue weighted by molar-refractivity contribution is -0.115. The van der Waals surface area contributed by atoms with Gasteiger partial charge in [0, 0.05) is 15.6 Å². The second-order valence-electron chi connectivity index (χ2n) is 4.59. The Morgan fingerprint density at radius 1 is 1.47 bits per heavy atom. The molecule has 1 unspecified atom stereocenters. The van der Waals surface area contributed by atoms with Gasteiger partial charge in [-0.3, -0.25) is 4.79 Å². The molecule has 1 N–H and O–H groups in total. The fraction of sp³-hybridized carbons (Fsp3) is 0.214. The van der Waals surface area contributed by atoms with Gasteiger partial charge >= 0.3 is 0 Å². The molecule has 1 atom stereocenters. The van der Waals surface area contributed by atoms with Gasteiger partial charge in [0.1, 0.15) is 0 Å². The van der Waals surface area contributed by atoms with Gasteiger partial charge in [0.2, 0.25) is 5.91 Å². The minimum atomic E-state index is 0.0293. The maximum absolute atomic E-state index is 11.4. The van der Waals surface area contributed by atoms with Gasteiger partial charge in [-0.25, -0.2) is 0 Å². The van der Waals surface area contributed by atoms with Crippen LogP contribution in [0.2, 0.25) is 5.02 Å². The molecular weight excluding hydrogens is 346 g/mol. The van der Waals surface area contributed by atoms with Gasteiger partial charge in [-0.05, 0) is 41.1 Å². The van der Waals surface area contributed by atoms with Gasteiger partial charge in [0.25, 0.3) is 0 Å². The van der Waals surface area contributed by atoms with Crippen LogP contribution in [0.3, 0.4) is 0 Å². The fourth-order valence-electron chi connectivity index (χ4n) is 2.25. The average Bonchev–Trinajstić information content (AvgIpc) is 2.92. The van der Waals surface area contributed by atoms with Crippen molar-refractivity contribution in [3.05, 3.63) is 50.2 Å². The molecule has 0 fully saturated rings. The lowest BCUT2D eigenvalue weighted by Crippen LogP contribution is -2.03. The SMILES string of the molecule is Cc1ccsc1C(Br)c1cc2c(cc1Cl)NC(=O)C2. The number of aryl methyl sites for hydroxylation is 1. The predicted molar refractivity (Wildman–Crippen MR) is 83.6 cm³/mol. The number of rotatable bonds is 2. The van der Waals surface area contributed by atoms with Crippen LogP contribution in [0.5, 0.6) is 0 Å². The summed E-state index contributed by atoms with van der Waals surface area (Å²) < 4.78 is 0. The van der Waals surface area contributed by atoms with E-state index >= 15 is 0 Å². The highest BCUT2D eigenvalue weighted by Crippen LogP contribution is 2.42. The minimum Gasteiger partial charge on any atom is -0.325 e. The van der Waals surface area contributed by atoms with Crippen LogP contribution in [-0.4, -0.2) is 5.91 Å². The molecule has 2 heterocycles. The molecule has 0 saturated heterocycles. The van der Waals surface area contributed by atoms with Crippen LogP contribution >= 0.6 is 38.9 Å². The van der Waals surface area contributed by atoms with E-state index in [1.165, 1.54) is 10.4 Å². The van der Waals surface area contributed by atoms with Crippen LogP contribution in [0.1, 0.15) is 26.4 Å². The Kier molecular flexibility index (Phi) is 3.41. The van der Waals surface area contributed by atoms with Gasteiger partial charge in [-0.1, -0.05) is 33.6 Å². The first-order valence-electron chi connectivity index (χ1n) is 5.86. The van der Waals surface area contributed by atoms with E-state index in [9.17, 15) is 4.79 Å². The Labute approximate surface area is 128 Å². The maximum Gasteiger partial charge on any atom is 0.228 e. The van der Waals surface area contributed by atoms with Gasteiger partial charge < -0.3 is 5.32 Å². The van der Waals surface area contributed by atoms with Crippen molar-refractivity contribution in [2.45, 2.75) is 18.2 Å². The monoisotopic (exact) mass is 355 g/mol. The van der Waals surface area contributed by atoms with Crippen molar-refractivity contribution in [3.63, 3.8) is 0 Å². The average molecular weight is 357 g/mol. The van der Waals surface area contributed by atoms with E-state index in [0.29, 0.717) is 11.4 Å². The van der Waals surface area contributed by atoms with E-state index in [2.05, 4.69) is 39.6 Å². The first-order chi connectivity index (χ1) is 9.06. The molecule has 2 aromatic rings. The number of carbonyl (C=O) groups excluding carboxylic acids is 1. The largest absolute Gasteiger partial charge is 0.325 e. The molecule has 0 saturated carbocycles. The van der Waals surface area contributed by atoms with E-state index in [-0.39, 0.29) is 10.7 Å². The minimum absolute atomic E-state index is 0.0293. The zero-order valence-corrected chi connectivity index (χ0v) is 13.3. The van der Waals surface area contributed by atoms with Gasteiger partial charge in [0.15, 0.2) is 0 Å². The number of halogens is 2. The molecule has 0 aliphatic carbocycles. The van der Waals surface area contributed by atoms with Crippen molar-refractivity contribution < 1.29 is 4.79 Å². The summed E-state index contributed by atoms with van der Waals surface area (Å²) in [4.78, 5) is 12.7. The number of fused-ring (bicyclic) bond motifs is 1. The Hall–Kier alpha value is -0.840. The number of hydrogen-bond donors (Lipinski definition) is 1. The molecule has 0 spiro atoms. The summed E-state index contributed by atoms with van der Waals surface area (Å²) in [5.74, 6) is 0.0293. The van der Waals surface area contributed by atoms with Crippen LogP contribution in [0.25, 0.3) is 0 Å². The molecular formula is C14H11BrClNOS. The fourth-order valence-corrected chi connectivity index (χ4v) is 4.63. The van der Waals surface area contributed by atoms with Gasteiger partial charge in [-0.2, -0.15) is 0 Å². The Morgan fingerprint density at radius 3 is 2.95 bits per heavy atom. The first kappa shape index (κ1) is 13.2. The zero-order chi connectivity index (χ0) is 13.6. The topological polar surface area (TPSA) is 29.1 Å². The van der Waals surface area contributed by atoms with Crippen LogP contribution in [0.15, 0.2) is 23.6 Å². The molecule has 5 heteroatoms. The first-order valence-corrected chi connectivity index (χ1v) is 8.04. The molecule has 0 radical (unpaired) electrons. The second kappa shape index (κ2) is 4.93. The van der Waals surface area contributed by atoms with E-state index in [1.54, 1.807) is 11.3 Å². The second-order valence-corrected chi connectivity index (χ2v) is 6.86. The number of anilines is 1. The molecule has 98 valence electrons. The van der Waals surface area contributed by atoms with Crippen LogP contribution in [0.4, 0.5) is 5.69 Å². The van der Waals surface area contributed by atoms with Crippen molar-refractivity contribution in [2.75, 3.05) is 5.32 Å². The molecule has 1 aromatic heterocycles. The third kappa shape index (κ3) is 2.33. The molecule has 3 rings (SSSR count). The van der Waals surface area contributed by atoms with E-state index in [0.717, 1.165) is 16.8 Å². The van der Waals surface area contributed by atoms with Gasteiger partial charge in [0.05, 0.1) is 11.2 Å². The summed E-state index contributed by atoms with van der Waals surface area (Å²) in [5.41, 5.74) is 4.12. The lowest BCUT2D eigenvalue weighted by Gasteiger charge is -2.13. The van der Waals surface area contributed by atoms with E-state index in [1.807, 2.05) is 12.1 Å². The number of alkyl halides is 1. The molecule has 2 nitrogen and oxygen atoms in total. The van der Waals surface area contributed by atoms with Crippen LogP contribution in [0, 0.1) is 6.92 Å². The molecule has 1 aliphatic rings. The smallest absolute Gasteiger partial charge is 0.228 e. The van der Waals surface area contributed by atoms with E-state index < -0.39 is 0 Å². The summed E-state index contributed by atoms with van der Waals surface area (Å²) in [6.07, 6.45) is 0.433. The van der Waals surface area contributed by atoms with Crippen molar-refractivity contribution in [1.29, 1.82) is 0 Å². The van der Waals surface area contributed by atoms with Gasteiger partial charge in [-0.15, -0.1) is 11.3 Å². The normalized spacial score (nSPS) is 15.2. The number of hydrogen-bond acceptors (Lipinski definition) is 2. The van der Waals surface area contributed by atoms with Crippen LogP contribution in [-0.2, 0) is 11.2 Å². The molecule has 19 heavy (non-hydrogen) atoms. The Morgan fingerprint density at radius 2 is 2.26 bits per heavy atom. The molecule has 1 amide bonds. The highest BCUT2D eigenvalue weighted by molar-refractivity contribution is 9.09. The van der Waals surface area contributed by atoms with Crippen molar-refractivity contribution in [3.8, 4) is 0 Å². The van der Waals surface area contributed by atoms with Crippen molar-refractivity contribution in [1.82, 2.24) is 0 Å². The summed E-state index contributed by atoms with van der Waals surface area (Å²) in [6.45, 7) is 2.09. The predicted octanol–water partition coefficient (Wildman–Crippen LogP) is 4.69. The Balaban J connectivity index is 2.05. The summed E-state index contributed by atoms with van der Waals surface area (Å²) in [7, 11) is 0. The molecule has 1 aromatic carbocycles. The number of nitrogens with one attached hydrogen (secondary N) is 1. The van der Waals surface area contributed by atoms with Crippen LogP contribution < -0.4 is 5.32 Å². The summed E-state index contributed by atoms with van der Waals surface area (Å²) in [5, 5.41) is 5.57. The number of benzene rings is 1. The lowest BCUT2D eigenvalue weighted by atomic mass is 10.0. The number of amides is 1. The quantitative estimate of drug-likeness (QED) is 0.777. The standard InChI is InChI=1S/C14H11BrClNOS/c1-7-2-3-19-14(7)13(15)9-4-8-5-12(18)17-11(8)6-10(9)16/h2-4,6,13H,5H2,1H3,(H,17,18). The third-order valence-electron chi connectivity index (χ3n) is 3.25. The number of thiophene rings is 1. The van der Waals surface area contributed by atoms with E-state index in [4.69, 9.17) is 11.6 Å². The zero-order valence-electron chi connectivity index (χ0n) is 10.2. The summed E-state index contributed by atoms with van der Waals surface area (Å²) >= 11 is 11.8.